The fraction of sp³-hybridized carbons (Fsp3) is 0.750. The molecule has 2 rings (SSSR count). The van der Waals surface area contributed by atoms with Crippen molar-refractivity contribution in [1.82, 2.24) is 15.1 Å². The molecule has 1 aromatic rings. The molecule has 0 unspecified atom stereocenters. The Kier molecular flexibility index (Phi) is 4.22. The van der Waals surface area contributed by atoms with Crippen molar-refractivity contribution in [3.63, 3.8) is 0 Å². The van der Waals surface area contributed by atoms with Gasteiger partial charge >= 0.3 is 0 Å². The lowest BCUT2D eigenvalue weighted by Crippen LogP contribution is -2.42. The molecule has 2 heterocycles. The summed E-state index contributed by atoms with van der Waals surface area (Å²) in [5, 5.41) is 7.90. The van der Waals surface area contributed by atoms with Gasteiger partial charge in [0.05, 0.1) is 0 Å². The highest BCUT2D eigenvalue weighted by atomic mass is 35.5. The monoisotopic (exact) mass is 287 g/mol. The van der Waals surface area contributed by atoms with E-state index in [9.17, 15) is 4.79 Å². The molecule has 1 aliphatic heterocycles. The van der Waals surface area contributed by atoms with Gasteiger partial charge in [0.15, 0.2) is 0 Å². The third kappa shape index (κ3) is 2.67. The number of nitrogens with zero attached hydrogens (tertiary/aromatic N) is 3. The second-order valence-corrected chi connectivity index (χ2v) is 6.42. The predicted molar refractivity (Wildman–Crippen MR) is 73.1 cm³/mol. The average molecular weight is 288 g/mol. The van der Waals surface area contributed by atoms with Gasteiger partial charge in [0.25, 0.3) is 5.91 Å². The summed E-state index contributed by atoms with van der Waals surface area (Å²) in [4.78, 5) is 14.1. The first kappa shape index (κ1) is 13.7. The summed E-state index contributed by atoms with van der Waals surface area (Å²) in [6.07, 6.45) is 4.54. The van der Waals surface area contributed by atoms with Gasteiger partial charge < -0.3 is 4.90 Å². The largest absolute Gasteiger partial charge is 0.336 e. The molecule has 0 radical (unpaired) electrons. The van der Waals surface area contributed by atoms with Crippen molar-refractivity contribution in [1.29, 1.82) is 0 Å². The van der Waals surface area contributed by atoms with Crippen molar-refractivity contribution >= 4 is 28.8 Å². The van der Waals surface area contributed by atoms with E-state index in [1.54, 1.807) is 0 Å². The van der Waals surface area contributed by atoms with Crippen LogP contribution in [-0.4, -0.2) is 34.1 Å². The van der Waals surface area contributed by atoms with Gasteiger partial charge in [-0.15, -0.1) is 10.2 Å². The van der Waals surface area contributed by atoms with E-state index in [0.29, 0.717) is 14.9 Å². The molecule has 0 aromatic carbocycles. The highest BCUT2D eigenvalue weighted by Crippen LogP contribution is 2.38. The van der Waals surface area contributed by atoms with E-state index in [2.05, 4.69) is 24.0 Å². The minimum absolute atomic E-state index is 0.0276. The van der Waals surface area contributed by atoms with Crippen LogP contribution < -0.4 is 0 Å². The first-order valence-corrected chi connectivity index (χ1v) is 7.58. The SMILES string of the molecule is CCC1(CC)CCN(C(=O)c2nnc(Cl)s2)CC1. The molecule has 18 heavy (non-hydrogen) atoms. The summed E-state index contributed by atoms with van der Waals surface area (Å²) in [6, 6.07) is 0. The zero-order valence-corrected chi connectivity index (χ0v) is 12.4. The van der Waals surface area contributed by atoms with Crippen LogP contribution >= 0.6 is 22.9 Å². The molecular weight excluding hydrogens is 270 g/mol. The summed E-state index contributed by atoms with van der Waals surface area (Å²) < 4.78 is 0.326. The Hall–Kier alpha value is -0.680. The van der Waals surface area contributed by atoms with Crippen molar-refractivity contribution in [2.45, 2.75) is 39.5 Å². The average Bonchev–Trinajstić information content (AvgIpc) is 2.85. The first-order valence-electron chi connectivity index (χ1n) is 6.38. The molecule has 1 aliphatic rings. The molecule has 4 nitrogen and oxygen atoms in total. The maximum absolute atomic E-state index is 12.2. The van der Waals surface area contributed by atoms with Crippen LogP contribution in [-0.2, 0) is 0 Å². The Morgan fingerprint density at radius 3 is 2.39 bits per heavy atom. The molecule has 100 valence electrons. The number of halogens is 1. The van der Waals surface area contributed by atoms with Gasteiger partial charge in [-0.2, -0.15) is 0 Å². The van der Waals surface area contributed by atoms with E-state index < -0.39 is 0 Å². The van der Waals surface area contributed by atoms with Gasteiger partial charge in [-0.3, -0.25) is 4.79 Å². The fourth-order valence-corrected chi connectivity index (χ4v) is 3.36. The maximum Gasteiger partial charge on any atom is 0.284 e. The number of carbonyl (C=O) groups excluding carboxylic acids is 1. The van der Waals surface area contributed by atoms with E-state index in [1.165, 1.54) is 12.8 Å². The smallest absolute Gasteiger partial charge is 0.284 e. The van der Waals surface area contributed by atoms with Crippen LogP contribution in [0, 0.1) is 5.41 Å². The lowest BCUT2D eigenvalue weighted by Gasteiger charge is -2.40. The van der Waals surface area contributed by atoms with Crippen LogP contribution in [0.3, 0.4) is 0 Å². The van der Waals surface area contributed by atoms with E-state index in [4.69, 9.17) is 11.6 Å². The van der Waals surface area contributed by atoms with Gasteiger partial charge in [0.1, 0.15) is 0 Å². The Morgan fingerprint density at radius 2 is 1.94 bits per heavy atom. The number of likely N-dealkylation sites (tertiary alicyclic amines) is 1. The van der Waals surface area contributed by atoms with Crippen molar-refractivity contribution in [3.8, 4) is 0 Å². The summed E-state index contributed by atoms with van der Waals surface area (Å²) in [5.41, 5.74) is 0.426. The van der Waals surface area contributed by atoms with Crippen LogP contribution in [0.1, 0.15) is 49.3 Å². The van der Waals surface area contributed by atoms with E-state index in [1.807, 2.05) is 4.90 Å². The molecule has 0 N–H and O–H groups in total. The Morgan fingerprint density at radius 1 is 1.33 bits per heavy atom. The number of rotatable bonds is 3. The van der Waals surface area contributed by atoms with E-state index in [0.717, 1.165) is 37.3 Å². The Bertz CT molecular complexity index is 421. The molecule has 1 fully saturated rings. The zero-order valence-electron chi connectivity index (χ0n) is 10.8. The molecule has 0 atom stereocenters. The molecule has 6 heteroatoms. The van der Waals surface area contributed by atoms with E-state index >= 15 is 0 Å². The highest BCUT2D eigenvalue weighted by molar-refractivity contribution is 7.17. The molecule has 1 saturated heterocycles. The second kappa shape index (κ2) is 5.53. The van der Waals surface area contributed by atoms with Crippen LogP contribution in [0.5, 0.6) is 0 Å². The zero-order chi connectivity index (χ0) is 13.2. The molecule has 1 aromatic heterocycles. The third-order valence-corrected chi connectivity index (χ3v) is 5.20. The minimum Gasteiger partial charge on any atom is -0.336 e. The van der Waals surface area contributed by atoms with Gasteiger partial charge in [-0.1, -0.05) is 38.0 Å². The van der Waals surface area contributed by atoms with Gasteiger partial charge in [0.2, 0.25) is 9.47 Å². The first-order chi connectivity index (χ1) is 8.60. The molecule has 0 saturated carbocycles. The summed E-state index contributed by atoms with van der Waals surface area (Å²) in [6.45, 7) is 6.12. The van der Waals surface area contributed by atoms with Crippen LogP contribution in [0.2, 0.25) is 4.47 Å². The number of piperidine rings is 1. The maximum atomic E-state index is 12.2. The summed E-state index contributed by atoms with van der Waals surface area (Å²) in [5.74, 6) is -0.0276. The van der Waals surface area contributed by atoms with Crippen molar-refractivity contribution in [2.75, 3.05) is 13.1 Å². The minimum atomic E-state index is -0.0276. The quantitative estimate of drug-likeness (QED) is 0.857. The topological polar surface area (TPSA) is 46.1 Å². The normalized spacial score (nSPS) is 18.9. The Balaban J connectivity index is 1.99. The lowest BCUT2D eigenvalue weighted by molar-refractivity contribution is 0.0556. The van der Waals surface area contributed by atoms with Gasteiger partial charge in [-0.05, 0) is 29.9 Å². The van der Waals surface area contributed by atoms with E-state index in [-0.39, 0.29) is 5.91 Å². The predicted octanol–water partition coefficient (Wildman–Crippen LogP) is 3.23. The Labute approximate surface area is 116 Å². The van der Waals surface area contributed by atoms with Crippen molar-refractivity contribution in [3.05, 3.63) is 9.47 Å². The number of amides is 1. The number of hydrogen-bond donors (Lipinski definition) is 0. The fourth-order valence-electron chi connectivity index (χ4n) is 2.57. The number of hydrogen-bond acceptors (Lipinski definition) is 4. The molecule has 0 aliphatic carbocycles. The highest BCUT2D eigenvalue weighted by Gasteiger charge is 2.33. The standard InChI is InChI=1S/C12H18ClN3OS/c1-3-12(4-2)5-7-16(8-6-12)10(17)9-14-15-11(13)18-9/h3-8H2,1-2H3. The number of aromatic nitrogens is 2. The van der Waals surface area contributed by atoms with Crippen LogP contribution in [0.25, 0.3) is 0 Å². The second-order valence-electron chi connectivity index (χ2n) is 4.86. The molecule has 0 spiro atoms. The molecule has 0 bridgehead atoms. The molecular formula is C12H18ClN3OS. The number of carbonyl (C=O) groups is 1. The molecule has 1 amide bonds. The van der Waals surface area contributed by atoms with Crippen LogP contribution in [0.15, 0.2) is 0 Å². The van der Waals surface area contributed by atoms with Crippen molar-refractivity contribution < 1.29 is 4.79 Å². The van der Waals surface area contributed by atoms with Crippen LogP contribution in [0.4, 0.5) is 0 Å². The lowest BCUT2D eigenvalue weighted by atomic mass is 9.74. The summed E-state index contributed by atoms with van der Waals surface area (Å²) >= 11 is 6.86. The van der Waals surface area contributed by atoms with Gasteiger partial charge in [0, 0.05) is 13.1 Å². The third-order valence-electron chi connectivity index (χ3n) is 4.19. The van der Waals surface area contributed by atoms with Crippen molar-refractivity contribution in [2.24, 2.45) is 5.41 Å². The van der Waals surface area contributed by atoms with Gasteiger partial charge in [-0.25, -0.2) is 0 Å². The summed E-state index contributed by atoms with van der Waals surface area (Å²) in [7, 11) is 0.